The van der Waals surface area contributed by atoms with Crippen LogP contribution in [0, 0.1) is 5.92 Å². The van der Waals surface area contributed by atoms with Gasteiger partial charge in [-0.05, 0) is 32.9 Å². The van der Waals surface area contributed by atoms with E-state index in [4.69, 9.17) is 0 Å². The van der Waals surface area contributed by atoms with Crippen molar-refractivity contribution in [1.82, 2.24) is 9.80 Å². The van der Waals surface area contributed by atoms with Gasteiger partial charge in [0.05, 0.1) is 6.10 Å². The lowest BCUT2D eigenvalue weighted by Gasteiger charge is -2.39. The van der Waals surface area contributed by atoms with Crippen molar-refractivity contribution in [3.63, 3.8) is 0 Å². The maximum absolute atomic E-state index is 10.2. The van der Waals surface area contributed by atoms with Crippen LogP contribution in [0.5, 0.6) is 0 Å². The molecule has 16 heavy (non-hydrogen) atoms. The van der Waals surface area contributed by atoms with E-state index in [1.165, 1.54) is 6.42 Å². The number of hydrogen-bond acceptors (Lipinski definition) is 3. The molecular weight excluding hydrogens is 200 g/mol. The SMILES string of the molecule is CCCC(C)C(O)CC1CN(C)CCN1C. The summed E-state index contributed by atoms with van der Waals surface area (Å²) in [5.41, 5.74) is 0. The van der Waals surface area contributed by atoms with Crippen molar-refractivity contribution in [3.05, 3.63) is 0 Å². The van der Waals surface area contributed by atoms with Gasteiger partial charge >= 0.3 is 0 Å². The molecule has 0 bridgehead atoms. The van der Waals surface area contributed by atoms with E-state index < -0.39 is 0 Å². The number of rotatable bonds is 5. The van der Waals surface area contributed by atoms with E-state index in [1.807, 2.05) is 0 Å². The Labute approximate surface area is 100 Å². The van der Waals surface area contributed by atoms with Gasteiger partial charge in [0.25, 0.3) is 0 Å². The Kier molecular flexibility index (Phi) is 5.73. The zero-order chi connectivity index (χ0) is 12.1. The van der Waals surface area contributed by atoms with Crippen molar-refractivity contribution in [2.75, 3.05) is 33.7 Å². The van der Waals surface area contributed by atoms with Crippen LogP contribution in [0.25, 0.3) is 0 Å². The monoisotopic (exact) mass is 228 g/mol. The van der Waals surface area contributed by atoms with Crippen molar-refractivity contribution in [2.45, 2.75) is 45.3 Å². The fourth-order valence-electron chi connectivity index (χ4n) is 2.51. The molecule has 0 aromatic rings. The van der Waals surface area contributed by atoms with Gasteiger partial charge in [0.1, 0.15) is 0 Å². The summed E-state index contributed by atoms with van der Waals surface area (Å²) in [6.07, 6.45) is 3.08. The van der Waals surface area contributed by atoms with Crippen LogP contribution in [0.15, 0.2) is 0 Å². The quantitative estimate of drug-likeness (QED) is 0.771. The summed E-state index contributed by atoms with van der Waals surface area (Å²) in [5.74, 6) is 0.436. The Morgan fingerprint density at radius 2 is 2.00 bits per heavy atom. The Hall–Kier alpha value is -0.120. The third-order valence-corrected chi connectivity index (χ3v) is 3.89. The fourth-order valence-corrected chi connectivity index (χ4v) is 2.51. The molecule has 0 saturated carbocycles. The number of aliphatic hydroxyl groups is 1. The molecule has 0 amide bonds. The molecule has 3 atom stereocenters. The van der Waals surface area contributed by atoms with Gasteiger partial charge < -0.3 is 14.9 Å². The molecule has 1 heterocycles. The summed E-state index contributed by atoms with van der Waals surface area (Å²) >= 11 is 0. The molecule has 1 rings (SSSR count). The lowest BCUT2D eigenvalue weighted by Crippen LogP contribution is -2.51. The number of nitrogens with zero attached hydrogens (tertiary/aromatic N) is 2. The largest absolute Gasteiger partial charge is 0.393 e. The first-order valence-electron chi connectivity index (χ1n) is 6.61. The first-order valence-corrected chi connectivity index (χ1v) is 6.61. The van der Waals surface area contributed by atoms with Gasteiger partial charge in [0, 0.05) is 25.7 Å². The van der Waals surface area contributed by atoms with E-state index in [9.17, 15) is 5.11 Å². The standard InChI is InChI=1S/C13H28N2O/c1-5-6-11(2)13(16)9-12-10-14(3)7-8-15(12)4/h11-13,16H,5-10H2,1-4H3. The van der Waals surface area contributed by atoms with Crippen LogP contribution >= 0.6 is 0 Å². The molecule has 0 aromatic carbocycles. The molecule has 1 fully saturated rings. The van der Waals surface area contributed by atoms with Crippen LogP contribution in [0.4, 0.5) is 0 Å². The highest BCUT2D eigenvalue weighted by molar-refractivity contribution is 4.82. The van der Waals surface area contributed by atoms with E-state index in [0.717, 1.165) is 32.5 Å². The molecule has 96 valence electrons. The minimum Gasteiger partial charge on any atom is -0.393 e. The molecule has 0 radical (unpaired) electrons. The van der Waals surface area contributed by atoms with Gasteiger partial charge in [0.15, 0.2) is 0 Å². The van der Waals surface area contributed by atoms with E-state index in [-0.39, 0.29) is 6.10 Å². The fraction of sp³-hybridized carbons (Fsp3) is 1.00. The predicted octanol–water partition coefficient (Wildman–Crippen LogP) is 1.42. The van der Waals surface area contributed by atoms with Crippen LogP contribution < -0.4 is 0 Å². The molecule has 3 unspecified atom stereocenters. The predicted molar refractivity (Wildman–Crippen MR) is 68.6 cm³/mol. The van der Waals surface area contributed by atoms with E-state index in [2.05, 4.69) is 37.7 Å². The van der Waals surface area contributed by atoms with E-state index in [1.54, 1.807) is 0 Å². The molecule has 3 heteroatoms. The second-order valence-corrected chi connectivity index (χ2v) is 5.47. The summed E-state index contributed by atoms with van der Waals surface area (Å²) in [4.78, 5) is 4.75. The summed E-state index contributed by atoms with van der Waals surface area (Å²) in [5, 5.41) is 10.2. The van der Waals surface area contributed by atoms with E-state index in [0.29, 0.717) is 12.0 Å². The second-order valence-electron chi connectivity index (χ2n) is 5.47. The molecule has 1 saturated heterocycles. The Balaban J connectivity index is 2.39. The summed E-state index contributed by atoms with van der Waals surface area (Å²) in [6, 6.07) is 0.521. The molecule has 0 aliphatic carbocycles. The van der Waals surface area contributed by atoms with Crippen molar-refractivity contribution < 1.29 is 5.11 Å². The molecule has 0 spiro atoms. The average molecular weight is 228 g/mol. The van der Waals surface area contributed by atoms with Crippen LogP contribution in [0.1, 0.15) is 33.1 Å². The lowest BCUT2D eigenvalue weighted by molar-refractivity contribution is 0.0387. The highest BCUT2D eigenvalue weighted by atomic mass is 16.3. The van der Waals surface area contributed by atoms with E-state index >= 15 is 0 Å². The summed E-state index contributed by atoms with van der Waals surface area (Å²) in [6.45, 7) is 7.71. The first kappa shape index (κ1) is 13.9. The van der Waals surface area contributed by atoms with Gasteiger partial charge in [-0.3, -0.25) is 0 Å². The summed E-state index contributed by atoms with van der Waals surface area (Å²) < 4.78 is 0. The zero-order valence-electron chi connectivity index (χ0n) is 11.3. The Morgan fingerprint density at radius 1 is 1.31 bits per heavy atom. The Morgan fingerprint density at radius 3 is 2.62 bits per heavy atom. The smallest absolute Gasteiger partial charge is 0.0581 e. The number of aliphatic hydroxyl groups excluding tert-OH is 1. The minimum atomic E-state index is -0.140. The van der Waals surface area contributed by atoms with Gasteiger partial charge in [-0.2, -0.15) is 0 Å². The molecule has 1 aliphatic rings. The maximum atomic E-state index is 10.2. The van der Waals surface area contributed by atoms with Gasteiger partial charge in [-0.1, -0.05) is 20.3 Å². The number of piperazine rings is 1. The normalized spacial score (nSPS) is 27.9. The lowest BCUT2D eigenvalue weighted by atomic mass is 9.93. The van der Waals surface area contributed by atoms with Crippen molar-refractivity contribution in [2.24, 2.45) is 5.92 Å². The third-order valence-electron chi connectivity index (χ3n) is 3.89. The molecule has 1 N–H and O–H groups in total. The molecule has 0 aromatic heterocycles. The molecule has 3 nitrogen and oxygen atoms in total. The second kappa shape index (κ2) is 6.58. The van der Waals surface area contributed by atoms with Crippen molar-refractivity contribution in [1.29, 1.82) is 0 Å². The van der Waals surface area contributed by atoms with Crippen molar-refractivity contribution >= 4 is 0 Å². The maximum Gasteiger partial charge on any atom is 0.0581 e. The summed E-state index contributed by atoms with van der Waals surface area (Å²) in [7, 11) is 4.34. The number of hydrogen-bond donors (Lipinski definition) is 1. The Bertz CT molecular complexity index is 198. The van der Waals surface area contributed by atoms with Crippen LogP contribution in [-0.4, -0.2) is 60.8 Å². The topological polar surface area (TPSA) is 26.7 Å². The molecular formula is C13H28N2O. The first-order chi connectivity index (χ1) is 7.54. The van der Waals surface area contributed by atoms with Crippen LogP contribution in [0.3, 0.4) is 0 Å². The number of likely N-dealkylation sites (N-methyl/N-ethyl adjacent to an activating group) is 2. The van der Waals surface area contributed by atoms with Crippen molar-refractivity contribution in [3.8, 4) is 0 Å². The third kappa shape index (κ3) is 4.04. The van der Waals surface area contributed by atoms with Gasteiger partial charge in [-0.25, -0.2) is 0 Å². The highest BCUT2D eigenvalue weighted by Crippen LogP contribution is 2.19. The van der Waals surface area contributed by atoms with Crippen LogP contribution in [-0.2, 0) is 0 Å². The minimum absolute atomic E-state index is 0.140. The van der Waals surface area contributed by atoms with Gasteiger partial charge in [-0.15, -0.1) is 0 Å². The highest BCUT2D eigenvalue weighted by Gasteiger charge is 2.26. The molecule has 1 aliphatic heterocycles. The average Bonchev–Trinajstić information content (AvgIpc) is 2.23. The van der Waals surface area contributed by atoms with Gasteiger partial charge in [0.2, 0.25) is 0 Å². The zero-order valence-corrected chi connectivity index (χ0v) is 11.3. The van der Waals surface area contributed by atoms with Crippen LogP contribution in [0.2, 0.25) is 0 Å².